The average molecular weight is 565 g/mol. The zero-order chi connectivity index (χ0) is 28.8. The number of carbonyl (C=O) groups is 1. The second-order valence-electron chi connectivity index (χ2n) is 9.82. The molecule has 0 bridgehead atoms. The molecule has 0 saturated carbocycles. The van der Waals surface area contributed by atoms with Crippen molar-refractivity contribution >= 4 is 45.9 Å². The molecular weight excluding hydrogens is 532 g/mol. The second-order valence-corrected chi connectivity index (χ2v) is 10.9. The molecule has 208 valence electrons. The first-order valence-corrected chi connectivity index (χ1v) is 14.2. The maximum Gasteiger partial charge on any atom is 0.252 e. The van der Waals surface area contributed by atoms with Crippen molar-refractivity contribution in [3.63, 3.8) is 0 Å². The minimum absolute atomic E-state index is 0.162. The zero-order valence-corrected chi connectivity index (χ0v) is 24.0. The number of pyridine rings is 1. The third kappa shape index (κ3) is 6.75. The van der Waals surface area contributed by atoms with E-state index in [2.05, 4.69) is 34.4 Å². The molecule has 9 heteroatoms. The van der Waals surface area contributed by atoms with Gasteiger partial charge in [0.05, 0.1) is 23.7 Å². The van der Waals surface area contributed by atoms with Gasteiger partial charge in [-0.3, -0.25) is 4.79 Å². The first-order valence-electron chi connectivity index (χ1n) is 13.4. The summed E-state index contributed by atoms with van der Waals surface area (Å²) in [7, 11) is 1.64. The Morgan fingerprint density at radius 3 is 2.59 bits per heavy atom. The van der Waals surface area contributed by atoms with E-state index in [-0.39, 0.29) is 11.8 Å². The molecule has 4 N–H and O–H groups in total. The third-order valence-electron chi connectivity index (χ3n) is 6.56. The summed E-state index contributed by atoms with van der Waals surface area (Å²) >= 11 is 1.49. The fourth-order valence-corrected chi connectivity index (χ4v) is 5.33. The van der Waals surface area contributed by atoms with Crippen molar-refractivity contribution in [2.24, 2.45) is 0 Å². The van der Waals surface area contributed by atoms with E-state index in [4.69, 9.17) is 15.5 Å². The van der Waals surface area contributed by atoms with Crippen LogP contribution in [0.25, 0.3) is 11.0 Å². The molecule has 5 rings (SSSR count). The molecule has 0 saturated heterocycles. The van der Waals surface area contributed by atoms with E-state index in [9.17, 15) is 4.79 Å². The summed E-state index contributed by atoms with van der Waals surface area (Å²) in [6, 6.07) is 25.1. The monoisotopic (exact) mass is 564 g/mol. The molecule has 0 spiro atoms. The Balaban J connectivity index is 1.45. The van der Waals surface area contributed by atoms with E-state index in [1.54, 1.807) is 7.11 Å². The van der Waals surface area contributed by atoms with Crippen LogP contribution >= 0.6 is 11.8 Å². The van der Waals surface area contributed by atoms with E-state index in [1.807, 2.05) is 78.9 Å². The number of hydrogen-bond acceptors (Lipinski definition) is 8. The van der Waals surface area contributed by atoms with Gasteiger partial charge in [0.1, 0.15) is 17.9 Å². The van der Waals surface area contributed by atoms with Crippen LogP contribution in [0.5, 0.6) is 5.75 Å². The maximum atomic E-state index is 13.5. The van der Waals surface area contributed by atoms with Crippen molar-refractivity contribution in [3.8, 4) is 5.75 Å². The van der Waals surface area contributed by atoms with E-state index >= 15 is 0 Å². The Morgan fingerprint density at radius 1 is 1.00 bits per heavy atom. The molecule has 2 aromatic heterocycles. The number of rotatable bonds is 10. The second kappa shape index (κ2) is 12.7. The molecule has 41 heavy (non-hydrogen) atoms. The van der Waals surface area contributed by atoms with Crippen molar-refractivity contribution in [1.82, 2.24) is 20.3 Å². The van der Waals surface area contributed by atoms with Crippen molar-refractivity contribution in [2.75, 3.05) is 24.7 Å². The third-order valence-corrected chi connectivity index (χ3v) is 7.71. The number of hydrogen-bond donors (Lipinski definition) is 3. The molecule has 0 aliphatic rings. The van der Waals surface area contributed by atoms with Gasteiger partial charge in [-0.05, 0) is 78.6 Å². The Labute approximate surface area is 243 Å². The van der Waals surface area contributed by atoms with Crippen LogP contribution in [-0.2, 0) is 6.42 Å². The predicted molar refractivity (Wildman–Crippen MR) is 165 cm³/mol. The minimum Gasteiger partial charge on any atom is -0.497 e. The van der Waals surface area contributed by atoms with Gasteiger partial charge in [-0.1, -0.05) is 43.8 Å². The summed E-state index contributed by atoms with van der Waals surface area (Å²) < 4.78 is 5.32. The lowest BCUT2D eigenvalue weighted by Gasteiger charge is -2.17. The normalized spacial score (nSPS) is 11.0. The summed E-state index contributed by atoms with van der Waals surface area (Å²) in [4.78, 5) is 28.8. The number of methoxy groups -OCH3 is 1. The van der Waals surface area contributed by atoms with E-state index in [0.29, 0.717) is 35.7 Å². The average Bonchev–Trinajstić information content (AvgIpc) is 2.99. The molecule has 0 unspecified atom stereocenters. The topological polar surface area (TPSA) is 115 Å². The number of carbonyl (C=O) groups excluding carboxylic acids is 1. The summed E-state index contributed by atoms with van der Waals surface area (Å²) in [5.74, 6) is 1.54. The van der Waals surface area contributed by atoms with Gasteiger partial charge in [0.25, 0.3) is 5.91 Å². The lowest BCUT2D eigenvalue weighted by molar-refractivity contribution is 0.0951. The number of fused-ring (bicyclic) bond motifs is 1. The SMILES string of the molecule is COc1cccc(CCNC(=O)c2cccc(Nc3ncnc4nc(C(C)C)ccc34)c2Sc2ccc(N)cc2)c1. The maximum absolute atomic E-state index is 13.5. The summed E-state index contributed by atoms with van der Waals surface area (Å²) in [6.45, 7) is 4.68. The number of ether oxygens (including phenoxy) is 1. The van der Waals surface area contributed by atoms with Gasteiger partial charge in [-0.2, -0.15) is 0 Å². The highest BCUT2D eigenvalue weighted by Crippen LogP contribution is 2.38. The van der Waals surface area contributed by atoms with Crippen LogP contribution in [0, 0.1) is 0 Å². The summed E-state index contributed by atoms with van der Waals surface area (Å²) in [5.41, 5.74) is 10.6. The summed E-state index contributed by atoms with van der Waals surface area (Å²) in [6.07, 6.45) is 2.18. The Hall–Kier alpha value is -4.63. The van der Waals surface area contributed by atoms with Gasteiger partial charge in [0.15, 0.2) is 5.65 Å². The van der Waals surface area contributed by atoms with Crippen molar-refractivity contribution < 1.29 is 9.53 Å². The molecule has 2 heterocycles. The first kappa shape index (κ1) is 27.9. The Bertz CT molecular complexity index is 1670. The largest absolute Gasteiger partial charge is 0.497 e. The molecule has 0 aliphatic carbocycles. The fraction of sp³-hybridized carbons (Fsp3) is 0.188. The van der Waals surface area contributed by atoms with Crippen LogP contribution in [0.3, 0.4) is 0 Å². The number of nitrogens with two attached hydrogens (primary N) is 1. The van der Waals surface area contributed by atoms with Crippen molar-refractivity contribution in [1.29, 1.82) is 0 Å². The highest BCUT2D eigenvalue weighted by molar-refractivity contribution is 7.99. The van der Waals surface area contributed by atoms with Crippen LogP contribution < -0.4 is 21.1 Å². The molecule has 0 aliphatic heterocycles. The fourth-order valence-electron chi connectivity index (χ4n) is 4.33. The van der Waals surface area contributed by atoms with Gasteiger partial charge in [0.2, 0.25) is 0 Å². The number of anilines is 3. The number of nitrogens with one attached hydrogen (secondary N) is 2. The van der Waals surface area contributed by atoms with Gasteiger partial charge in [-0.25, -0.2) is 15.0 Å². The molecule has 8 nitrogen and oxygen atoms in total. The lowest BCUT2D eigenvalue weighted by Crippen LogP contribution is -2.26. The first-order chi connectivity index (χ1) is 19.9. The van der Waals surface area contributed by atoms with E-state index < -0.39 is 0 Å². The van der Waals surface area contributed by atoms with Crippen LogP contribution in [-0.4, -0.2) is 34.5 Å². The van der Waals surface area contributed by atoms with Crippen LogP contribution in [0.15, 0.2) is 95.0 Å². The number of nitrogens with zero attached hydrogens (tertiary/aromatic N) is 3. The smallest absolute Gasteiger partial charge is 0.252 e. The van der Waals surface area contributed by atoms with E-state index in [1.165, 1.54) is 18.1 Å². The highest BCUT2D eigenvalue weighted by atomic mass is 32.2. The van der Waals surface area contributed by atoms with Crippen LogP contribution in [0.1, 0.15) is 41.4 Å². The van der Waals surface area contributed by atoms with E-state index in [0.717, 1.165) is 37.9 Å². The number of nitrogen functional groups attached to an aromatic ring is 1. The molecule has 0 radical (unpaired) electrons. The molecular formula is C32H32N6O2S. The standard InChI is InChI=1S/C32H32N6O2S/c1-20(2)27-15-14-26-30(37-27)35-19-36-31(26)38-28-9-5-8-25(29(28)41-24-12-10-22(33)11-13-24)32(39)34-17-16-21-6-4-7-23(18-21)40-3/h4-15,18-20H,16-17,33H2,1-3H3,(H,34,39)(H,35,36,37,38). The number of benzene rings is 3. The zero-order valence-electron chi connectivity index (χ0n) is 23.2. The molecule has 1 amide bonds. The quantitative estimate of drug-likeness (QED) is 0.162. The highest BCUT2D eigenvalue weighted by Gasteiger charge is 2.18. The van der Waals surface area contributed by atoms with Crippen molar-refractivity contribution in [3.05, 3.63) is 102 Å². The van der Waals surface area contributed by atoms with Gasteiger partial charge < -0.3 is 21.1 Å². The Kier molecular flexibility index (Phi) is 8.64. The van der Waals surface area contributed by atoms with Gasteiger partial charge in [-0.15, -0.1) is 0 Å². The number of amides is 1. The lowest BCUT2D eigenvalue weighted by atomic mass is 10.1. The van der Waals surface area contributed by atoms with Crippen LogP contribution in [0.2, 0.25) is 0 Å². The van der Waals surface area contributed by atoms with Gasteiger partial charge in [0, 0.05) is 27.7 Å². The van der Waals surface area contributed by atoms with Crippen LogP contribution in [0.4, 0.5) is 17.2 Å². The molecule has 0 fully saturated rings. The predicted octanol–water partition coefficient (Wildman–Crippen LogP) is 6.61. The molecule has 5 aromatic rings. The molecule has 3 aromatic carbocycles. The summed E-state index contributed by atoms with van der Waals surface area (Å²) in [5, 5.41) is 7.34. The van der Waals surface area contributed by atoms with Crippen molar-refractivity contribution in [2.45, 2.75) is 36.0 Å². The Morgan fingerprint density at radius 2 is 1.80 bits per heavy atom. The van der Waals surface area contributed by atoms with Gasteiger partial charge >= 0.3 is 0 Å². The number of aromatic nitrogens is 3. The molecule has 0 atom stereocenters. The minimum atomic E-state index is -0.162.